The van der Waals surface area contributed by atoms with Crippen molar-refractivity contribution in [2.24, 2.45) is 5.41 Å². The number of carbonyl (C=O) groups is 1. The van der Waals surface area contributed by atoms with E-state index in [1.807, 2.05) is 32.4 Å². The Morgan fingerprint density at radius 3 is 2.58 bits per heavy atom. The number of imidazole rings is 1. The van der Waals surface area contributed by atoms with Gasteiger partial charge in [-0.05, 0) is 50.6 Å². The van der Waals surface area contributed by atoms with Crippen LogP contribution < -0.4 is 5.32 Å². The maximum Gasteiger partial charge on any atom is 0.272 e. The molecule has 1 unspecified atom stereocenters. The van der Waals surface area contributed by atoms with Gasteiger partial charge in [-0.1, -0.05) is 25.9 Å². The van der Waals surface area contributed by atoms with Gasteiger partial charge in [0.25, 0.3) is 5.91 Å². The molecule has 0 fully saturated rings. The molecule has 0 radical (unpaired) electrons. The Labute approximate surface area is 191 Å². The molecule has 33 heavy (non-hydrogen) atoms. The topological polar surface area (TPSA) is 89.1 Å². The fourth-order valence-electron chi connectivity index (χ4n) is 4.04. The molecule has 176 valence electrons. The van der Waals surface area contributed by atoms with E-state index in [9.17, 15) is 13.6 Å². The zero-order valence-corrected chi connectivity index (χ0v) is 19.4. The van der Waals surface area contributed by atoms with Gasteiger partial charge >= 0.3 is 0 Å². The van der Waals surface area contributed by atoms with Crippen LogP contribution in [0.25, 0.3) is 11.4 Å². The number of benzene rings is 1. The van der Waals surface area contributed by atoms with Crippen molar-refractivity contribution in [2.75, 3.05) is 13.6 Å². The van der Waals surface area contributed by atoms with Crippen LogP contribution in [0.15, 0.2) is 22.7 Å². The van der Waals surface area contributed by atoms with Crippen LogP contribution in [0.1, 0.15) is 61.1 Å². The van der Waals surface area contributed by atoms with Gasteiger partial charge in [0.05, 0.1) is 5.69 Å². The van der Waals surface area contributed by atoms with Crippen LogP contribution >= 0.6 is 0 Å². The molecule has 1 aromatic carbocycles. The van der Waals surface area contributed by atoms with E-state index < -0.39 is 29.0 Å². The van der Waals surface area contributed by atoms with Crippen molar-refractivity contribution in [1.82, 2.24) is 29.9 Å². The summed E-state index contributed by atoms with van der Waals surface area (Å²) in [6, 6.07) is 3.12. The number of aromatic nitrogens is 4. The van der Waals surface area contributed by atoms with Crippen molar-refractivity contribution >= 4 is 5.91 Å². The van der Waals surface area contributed by atoms with Crippen molar-refractivity contribution < 1.29 is 18.1 Å². The van der Waals surface area contributed by atoms with E-state index >= 15 is 0 Å². The number of halogens is 2. The summed E-state index contributed by atoms with van der Waals surface area (Å²) in [6.45, 7) is 9.56. The van der Waals surface area contributed by atoms with Crippen molar-refractivity contribution in [3.63, 3.8) is 0 Å². The summed E-state index contributed by atoms with van der Waals surface area (Å²) < 4.78 is 34.8. The highest BCUT2D eigenvalue weighted by molar-refractivity contribution is 5.94. The van der Waals surface area contributed by atoms with Gasteiger partial charge in [0.15, 0.2) is 23.2 Å². The second-order valence-electron chi connectivity index (χ2n) is 9.55. The average Bonchev–Trinajstić information content (AvgIpc) is 3.25. The lowest BCUT2D eigenvalue weighted by Crippen LogP contribution is -2.37. The summed E-state index contributed by atoms with van der Waals surface area (Å²) in [5.41, 5.74) is 0.972. The first kappa shape index (κ1) is 23.0. The van der Waals surface area contributed by atoms with Gasteiger partial charge in [0.1, 0.15) is 11.9 Å². The fraction of sp³-hybridized carbons (Fsp3) is 0.478. The van der Waals surface area contributed by atoms with Gasteiger partial charge < -0.3 is 19.3 Å². The minimum absolute atomic E-state index is 0.244. The molecule has 0 bridgehead atoms. The van der Waals surface area contributed by atoms with Crippen LogP contribution in [0.3, 0.4) is 0 Å². The van der Waals surface area contributed by atoms with Crippen LogP contribution in [-0.2, 0) is 13.1 Å². The number of nitrogens with one attached hydrogen (secondary N) is 1. The maximum atomic E-state index is 14.0. The molecular formula is C23H28F2N6O2. The molecule has 0 saturated carbocycles. The summed E-state index contributed by atoms with van der Waals surface area (Å²) >= 11 is 0. The Bertz CT molecular complexity index is 1180. The predicted molar refractivity (Wildman–Crippen MR) is 117 cm³/mol. The highest BCUT2D eigenvalue weighted by Crippen LogP contribution is 2.33. The van der Waals surface area contributed by atoms with Crippen LogP contribution in [0, 0.1) is 24.0 Å². The Kier molecular flexibility index (Phi) is 6.04. The third kappa shape index (κ3) is 4.66. The van der Waals surface area contributed by atoms with Gasteiger partial charge in [-0.15, -0.1) is 0 Å². The van der Waals surface area contributed by atoms with Crippen LogP contribution in [0.4, 0.5) is 8.78 Å². The van der Waals surface area contributed by atoms with Gasteiger partial charge in [0.2, 0.25) is 5.89 Å². The Morgan fingerprint density at radius 2 is 1.94 bits per heavy atom. The van der Waals surface area contributed by atoms with Crippen LogP contribution in [0.2, 0.25) is 0 Å². The summed E-state index contributed by atoms with van der Waals surface area (Å²) in [5.74, 6) is -1.05. The molecule has 1 aliphatic rings. The average molecular weight is 459 g/mol. The third-order valence-electron chi connectivity index (χ3n) is 5.74. The first-order chi connectivity index (χ1) is 15.5. The van der Waals surface area contributed by atoms with Crippen LogP contribution in [0.5, 0.6) is 0 Å². The lowest BCUT2D eigenvalue weighted by molar-refractivity contribution is 0.0874. The molecule has 3 aromatic rings. The first-order valence-corrected chi connectivity index (χ1v) is 10.9. The van der Waals surface area contributed by atoms with E-state index in [2.05, 4.69) is 25.3 Å². The molecule has 1 amide bonds. The quantitative estimate of drug-likeness (QED) is 0.639. The Balaban J connectivity index is 1.77. The van der Waals surface area contributed by atoms with Crippen LogP contribution in [-0.4, -0.2) is 44.1 Å². The summed E-state index contributed by atoms with van der Waals surface area (Å²) in [6.07, 6.45) is 0.837. The summed E-state index contributed by atoms with van der Waals surface area (Å²) in [5, 5.41) is 6.86. The van der Waals surface area contributed by atoms with Gasteiger partial charge in [-0.3, -0.25) is 4.79 Å². The number of rotatable bonds is 4. The molecule has 3 heterocycles. The van der Waals surface area contributed by atoms with E-state index in [4.69, 9.17) is 4.52 Å². The normalized spacial score (nSPS) is 15.7. The van der Waals surface area contributed by atoms with Gasteiger partial charge in [0, 0.05) is 18.7 Å². The lowest BCUT2D eigenvalue weighted by Gasteiger charge is -2.28. The lowest BCUT2D eigenvalue weighted by atomic mass is 9.86. The number of nitrogens with zero attached hydrogens (tertiary/aromatic N) is 5. The van der Waals surface area contributed by atoms with E-state index in [1.165, 1.54) is 6.07 Å². The molecule has 8 nitrogen and oxygen atoms in total. The molecule has 0 spiro atoms. The van der Waals surface area contributed by atoms with E-state index in [0.717, 1.165) is 30.8 Å². The number of hydrogen-bond donors (Lipinski definition) is 1. The molecule has 2 aromatic heterocycles. The highest BCUT2D eigenvalue weighted by Gasteiger charge is 2.35. The highest BCUT2D eigenvalue weighted by atomic mass is 19.2. The van der Waals surface area contributed by atoms with Crippen molar-refractivity contribution in [3.05, 3.63) is 52.9 Å². The zero-order valence-electron chi connectivity index (χ0n) is 19.4. The second-order valence-corrected chi connectivity index (χ2v) is 9.55. The summed E-state index contributed by atoms with van der Waals surface area (Å²) in [7, 11) is 1.97. The second kappa shape index (κ2) is 8.66. The third-order valence-corrected chi connectivity index (χ3v) is 5.74. The molecule has 0 saturated heterocycles. The Hall–Kier alpha value is -3.14. The molecule has 0 aliphatic carbocycles. The van der Waals surface area contributed by atoms with Crippen molar-refractivity contribution in [1.29, 1.82) is 0 Å². The largest absolute Gasteiger partial charge is 0.338 e. The number of fused-ring (bicyclic) bond motifs is 1. The minimum atomic E-state index is -0.957. The molecular weight excluding hydrogens is 430 g/mol. The van der Waals surface area contributed by atoms with Crippen molar-refractivity contribution in [3.8, 4) is 11.4 Å². The number of hydrogen-bond acceptors (Lipinski definition) is 6. The first-order valence-electron chi connectivity index (χ1n) is 10.9. The predicted octanol–water partition coefficient (Wildman–Crippen LogP) is 3.87. The SMILES string of the molecule is Cc1noc(C(NC(=O)c2nc(-c3ccc(F)c(F)c3)n3c2CN(C)CCC3)C(C)(C)C)n1. The maximum absolute atomic E-state index is 14.0. The minimum Gasteiger partial charge on any atom is -0.338 e. The van der Waals surface area contributed by atoms with Gasteiger partial charge in [-0.2, -0.15) is 4.98 Å². The zero-order chi connectivity index (χ0) is 23.9. The monoisotopic (exact) mass is 458 g/mol. The standard InChI is InChI=1S/C23H28F2N6O2/c1-13-26-22(33-29-13)19(23(2,3)4)28-21(32)18-17-12-30(5)9-6-10-31(17)20(27-18)14-7-8-15(24)16(25)11-14/h7-8,11,19H,6,9-10,12H2,1-5H3,(H,28,32). The number of amides is 1. The smallest absolute Gasteiger partial charge is 0.272 e. The molecule has 1 N–H and O–H groups in total. The fourth-order valence-corrected chi connectivity index (χ4v) is 4.04. The van der Waals surface area contributed by atoms with E-state index in [0.29, 0.717) is 36.2 Å². The van der Waals surface area contributed by atoms with Crippen molar-refractivity contribution in [2.45, 2.75) is 53.2 Å². The molecule has 4 rings (SSSR count). The van der Waals surface area contributed by atoms with Gasteiger partial charge in [-0.25, -0.2) is 13.8 Å². The molecule has 1 aliphatic heterocycles. The Morgan fingerprint density at radius 1 is 1.18 bits per heavy atom. The van der Waals surface area contributed by atoms with E-state index in [1.54, 1.807) is 6.92 Å². The number of carbonyl (C=O) groups excluding carboxylic acids is 1. The summed E-state index contributed by atoms with van der Waals surface area (Å²) in [4.78, 5) is 24.5. The van der Waals surface area contributed by atoms with E-state index in [-0.39, 0.29) is 5.69 Å². The number of aryl methyl sites for hydroxylation is 1. The molecule has 1 atom stereocenters. The molecule has 10 heteroatoms.